The molecule has 0 bridgehead atoms. The summed E-state index contributed by atoms with van der Waals surface area (Å²) < 4.78 is 26.9. The fraction of sp³-hybridized carbons (Fsp3) is 0.571. The second kappa shape index (κ2) is 9.34. The van der Waals surface area contributed by atoms with E-state index in [1.807, 2.05) is 13.0 Å². The summed E-state index contributed by atoms with van der Waals surface area (Å²) >= 11 is 0. The van der Waals surface area contributed by atoms with Crippen molar-refractivity contribution in [1.82, 2.24) is 4.72 Å². The Morgan fingerprint density at radius 2 is 1.75 bits per heavy atom. The van der Waals surface area contributed by atoms with Crippen LogP contribution in [0.25, 0.3) is 0 Å². The lowest BCUT2D eigenvalue weighted by atomic mass is 10.0. The zero-order valence-electron chi connectivity index (χ0n) is 12.2. The molecule has 0 spiro atoms. The highest BCUT2D eigenvalue weighted by atomic mass is 35.5. The van der Waals surface area contributed by atoms with E-state index in [2.05, 4.69) is 11.6 Å². The van der Waals surface area contributed by atoms with Crippen LogP contribution in [-0.4, -0.2) is 21.5 Å². The molecule has 0 amide bonds. The van der Waals surface area contributed by atoms with Crippen LogP contribution in [-0.2, 0) is 22.9 Å². The smallest absolute Gasteiger partial charge is 0.240 e. The number of benzene rings is 1. The SMILES string of the molecule is CCc1ccc(S(=O)(=O)NCCCCN)cc1CC.Cl. The zero-order chi connectivity index (χ0) is 14.3. The minimum absolute atomic E-state index is 0. The Bertz CT molecular complexity index is 504. The van der Waals surface area contributed by atoms with Crippen molar-refractivity contribution in [2.45, 2.75) is 44.4 Å². The number of hydrogen-bond donors (Lipinski definition) is 2. The van der Waals surface area contributed by atoms with Crippen molar-refractivity contribution in [1.29, 1.82) is 0 Å². The molecule has 116 valence electrons. The monoisotopic (exact) mass is 320 g/mol. The van der Waals surface area contributed by atoms with Gasteiger partial charge in [0.25, 0.3) is 0 Å². The minimum atomic E-state index is -3.39. The van der Waals surface area contributed by atoms with Gasteiger partial charge in [0.15, 0.2) is 0 Å². The largest absolute Gasteiger partial charge is 0.330 e. The molecule has 1 rings (SSSR count). The molecule has 0 fully saturated rings. The molecule has 0 saturated heterocycles. The fourth-order valence-corrected chi connectivity index (χ4v) is 3.13. The molecule has 0 aliphatic rings. The first kappa shape index (κ1) is 19.4. The quantitative estimate of drug-likeness (QED) is 0.722. The number of halogens is 1. The Labute approximate surface area is 128 Å². The van der Waals surface area contributed by atoms with E-state index in [1.54, 1.807) is 12.1 Å². The number of rotatable bonds is 8. The van der Waals surface area contributed by atoms with Gasteiger partial charge in [-0.2, -0.15) is 0 Å². The zero-order valence-corrected chi connectivity index (χ0v) is 13.8. The van der Waals surface area contributed by atoms with Crippen LogP contribution in [0, 0.1) is 0 Å². The molecule has 0 aliphatic heterocycles. The maximum Gasteiger partial charge on any atom is 0.240 e. The summed E-state index contributed by atoms with van der Waals surface area (Å²) in [5.74, 6) is 0. The second-order valence-electron chi connectivity index (χ2n) is 4.53. The third-order valence-corrected chi connectivity index (χ3v) is 4.63. The predicted molar refractivity (Wildman–Crippen MR) is 85.9 cm³/mol. The van der Waals surface area contributed by atoms with Crippen LogP contribution in [0.1, 0.15) is 37.8 Å². The average molecular weight is 321 g/mol. The van der Waals surface area contributed by atoms with E-state index in [-0.39, 0.29) is 12.4 Å². The van der Waals surface area contributed by atoms with Gasteiger partial charge in [-0.1, -0.05) is 19.9 Å². The minimum Gasteiger partial charge on any atom is -0.330 e. The lowest BCUT2D eigenvalue weighted by Crippen LogP contribution is -2.25. The van der Waals surface area contributed by atoms with Gasteiger partial charge in [0.2, 0.25) is 10.0 Å². The summed E-state index contributed by atoms with van der Waals surface area (Å²) in [6.45, 7) is 5.15. The van der Waals surface area contributed by atoms with E-state index < -0.39 is 10.0 Å². The molecule has 3 N–H and O–H groups in total. The fourth-order valence-electron chi connectivity index (χ4n) is 2.00. The number of sulfonamides is 1. The first-order valence-electron chi connectivity index (χ1n) is 6.86. The van der Waals surface area contributed by atoms with Crippen molar-refractivity contribution < 1.29 is 8.42 Å². The molecular weight excluding hydrogens is 296 g/mol. The van der Waals surface area contributed by atoms with Gasteiger partial charge < -0.3 is 5.73 Å². The van der Waals surface area contributed by atoms with E-state index in [0.717, 1.165) is 31.2 Å². The third-order valence-electron chi connectivity index (χ3n) is 3.17. The van der Waals surface area contributed by atoms with Gasteiger partial charge in [-0.3, -0.25) is 0 Å². The van der Waals surface area contributed by atoms with Crippen LogP contribution in [0.3, 0.4) is 0 Å². The van der Waals surface area contributed by atoms with Crippen molar-refractivity contribution in [2.75, 3.05) is 13.1 Å². The molecule has 4 nitrogen and oxygen atoms in total. The highest BCUT2D eigenvalue weighted by molar-refractivity contribution is 7.89. The summed E-state index contributed by atoms with van der Waals surface area (Å²) in [5.41, 5.74) is 7.70. The van der Waals surface area contributed by atoms with E-state index in [1.165, 1.54) is 5.56 Å². The van der Waals surface area contributed by atoms with Crippen LogP contribution >= 0.6 is 12.4 Å². The summed E-state index contributed by atoms with van der Waals surface area (Å²) in [7, 11) is -3.39. The van der Waals surface area contributed by atoms with E-state index in [9.17, 15) is 8.42 Å². The normalized spacial score (nSPS) is 11.2. The highest BCUT2D eigenvalue weighted by Gasteiger charge is 2.14. The standard InChI is InChI=1S/C14H24N2O2S.ClH/c1-3-12-7-8-14(11-13(12)4-2)19(17,18)16-10-6-5-9-15;/h7-8,11,16H,3-6,9-10,15H2,1-2H3;1H. The summed E-state index contributed by atoms with van der Waals surface area (Å²) in [6, 6.07) is 5.38. The molecule has 0 aromatic heterocycles. The number of aryl methyl sites for hydroxylation is 2. The van der Waals surface area contributed by atoms with Gasteiger partial charge >= 0.3 is 0 Å². The Balaban J connectivity index is 0.00000361. The van der Waals surface area contributed by atoms with Gasteiger partial charge in [-0.15, -0.1) is 12.4 Å². The van der Waals surface area contributed by atoms with Gasteiger partial charge in [0.1, 0.15) is 0 Å². The maximum absolute atomic E-state index is 12.1. The highest BCUT2D eigenvalue weighted by Crippen LogP contribution is 2.17. The topological polar surface area (TPSA) is 72.2 Å². The first-order chi connectivity index (χ1) is 9.05. The molecule has 0 aliphatic carbocycles. The van der Waals surface area contributed by atoms with Crippen LogP contribution in [0.2, 0.25) is 0 Å². The number of hydrogen-bond acceptors (Lipinski definition) is 3. The molecule has 0 atom stereocenters. The number of nitrogens with two attached hydrogens (primary N) is 1. The summed E-state index contributed by atoms with van der Waals surface area (Å²) in [4.78, 5) is 0.356. The van der Waals surface area contributed by atoms with Gasteiger partial charge in [0, 0.05) is 6.54 Å². The van der Waals surface area contributed by atoms with Crippen molar-refractivity contribution >= 4 is 22.4 Å². The molecule has 0 unspecified atom stereocenters. The van der Waals surface area contributed by atoms with Gasteiger partial charge in [-0.25, -0.2) is 13.1 Å². The molecule has 0 radical (unpaired) electrons. The molecule has 1 aromatic rings. The number of nitrogens with one attached hydrogen (secondary N) is 1. The van der Waals surface area contributed by atoms with Crippen LogP contribution in [0.4, 0.5) is 0 Å². The molecule has 0 heterocycles. The Hall–Kier alpha value is -0.620. The van der Waals surface area contributed by atoms with Crippen molar-refractivity contribution in [2.24, 2.45) is 5.73 Å². The van der Waals surface area contributed by atoms with E-state index >= 15 is 0 Å². The van der Waals surface area contributed by atoms with Crippen molar-refractivity contribution in [3.8, 4) is 0 Å². The predicted octanol–water partition coefficient (Wildman–Crippen LogP) is 2.25. The Morgan fingerprint density at radius 3 is 2.30 bits per heavy atom. The molecule has 20 heavy (non-hydrogen) atoms. The van der Waals surface area contributed by atoms with E-state index in [4.69, 9.17) is 5.73 Å². The molecule has 6 heteroatoms. The molecule has 1 aromatic carbocycles. The molecule has 0 saturated carbocycles. The van der Waals surface area contributed by atoms with Gasteiger partial charge in [-0.05, 0) is 55.5 Å². The van der Waals surface area contributed by atoms with Crippen LogP contribution < -0.4 is 10.5 Å². The number of unbranched alkanes of at least 4 members (excludes halogenated alkanes) is 1. The second-order valence-corrected chi connectivity index (χ2v) is 6.30. The summed E-state index contributed by atoms with van der Waals surface area (Å²) in [6.07, 6.45) is 3.37. The third kappa shape index (κ3) is 5.40. The van der Waals surface area contributed by atoms with Gasteiger partial charge in [0.05, 0.1) is 4.90 Å². The van der Waals surface area contributed by atoms with Crippen molar-refractivity contribution in [3.05, 3.63) is 29.3 Å². The average Bonchev–Trinajstić information content (AvgIpc) is 2.42. The summed E-state index contributed by atoms with van der Waals surface area (Å²) in [5, 5.41) is 0. The Morgan fingerprint density at radius 1 is 1.10 bits per heavy atom. The van der Waals surface area contributed by atoms with Crippen LogP contribution in [0.5, 0.6) is 0 Å². The lowest BCUT2D eigenvalue weighted by molar-refractivity contribution is 0.577. The maximum atomic E-state index is 12.1. The first-order valence-corrected chi connectivity index (χ1v) is 8.35. The van der Waals surface area contributed by atoms with Crippen molar-refractivity contribution in [3.63, 3.8) is 0 Å². The molecular formula is C14H25ClN2O2S. The van der Waals surface area contributed by atoms with E-state index in [0.29, 0.717) is 18.0 Å². The lowest BCUT2D eigenvalue weighted by Gasteiger charge is -2.10. The van der Waals surface area contributed by atoms with Crippen LogP contribution in [0.15, 0.2) is 23.1 Å². The Kier molecular flexibility index (Phi) is 9.05.